The molecule has 3 rings (SSSR count). The molecule has 1 aliphatic carbocycles. The van der Waals surface area contributed by atoms with Gasteiger partial charge in [-0.05, 0) is 48.2 Å². The average Bonchev–Trinajstić information content (AvgIpc) is 2.84. The molecule has 2 atom stereocenters. The number of rotatable bonds is 2. The molecule has 0 bridgehead atoms. The number of nitrogens with two attached hydrogens (primary N) is 1. The van der Waals surface area contributed by atoms with E-state index in [-0.39, 0.29) is 6.04 Å². The standard InChI is InChI=1S/C15H14Br2N2/c16-10-4-6-13(17)12(8-10)14(18)11-5-3-9-2-1-7-19-15(9)11/h1-2,4,6-8,11,14H,3,5,18H2. The van der Waals surface area contributed by atoms with Crippen LogP contribution in [0.4, 0.5) is 0 Å². The molecule has 1 aromatic heterocycles. The van der Waals surface area contributed by atoms with Crippen LogP contribution in [0.1, 0.15) is 35.2 Å². The predicted molar refractivity (Wildman–Crippen MR) is 84.1 cm³/mol. The van der Waals surface area contributed by atoms with Crippen molar-refractivity contribution in [1.82, 2.24) is 4.98 Å². The van der Waals surface area contributed by atoms with Gasteiger partial charge in [0.1, 0.15) is 0 Å². The molecule has 2 aromatic rings. The Bertz CT molecular complexity index is 613. The maximum absolute atomic E-state index is 6.49. The van der Waals surface area contributed by atoms with E-state index in [2.05, 4.69) is 49.0 Å². The lowest BCUT2D eigenvalue weighted by Gasteiger charge is -2.21. The lowest BCUT2D eigenvalue weighted by molar-refractivity contribution is 0.539. The number of pyridine rings is 1. The summed E-state index contributed by atoms with van der Waals surface area (Å²) in [6, 6.07) is 10.3. The molecule has 0 saturated heterocycles. The number of aromatic nitrogens is 1. The molecular formula is C15H14Br2N2. The van der Waals surface area contributed by atoms with Gasteiger partial charge in [0.2, 0.25) is 0 Å². The monoisotopic (exact) mass is 380 g/mol. The first-order chi connectivity index (χ1) is 9.16. The maximum Gasteiger partial charge on any atom is 0.0485 e. The second-order valence-electron chi connectivity index (χ2n) is 4.88. The van der Waals surface area contributed by atoms with Crippen molar-refractivity contribution in [1.29, 1.82) is 0 Å². The first-order valence-electron chi connectivity index (χ1n) is 6.31. The van der Waals surface area contributed by atoms with Gasteiger partial charge < -0.3 is 5.73 Å². The molecule has 0 aliphatic heterocycles. The predicted octanol–water partition coefficient (Wildman–Crippen LogP) is 4.34. The quantitative estimate of drug-likeness (QED) is 0.840. The van der Waals surface area contributed by atoms with Gasteiger partial charge in [0.15, 0.2) is 0 Å². The van der Waals surface area contributed by atoms with Crippen molar-refractivity contribution in [3.8, 4) is 0 Å². The largest absolute Gasteiger partial charge is 0.323 e. The van der Waals surface area contributed by atoms with Crippen LogP contribution in [0.15, 0.2) is 45.5 Å². The number of hydrogen-bond acceptors (Lipinski definition) is 2. The Morgan fingerprint density at radius 2 is 2.11 bits per heavy atom. The van der Waals surface area contributed by atoms with E-state index in [1.807, 2.05) is 24.4 Å². The molecule has 0 fully saturated rings. The van der Waals surface area contributed by atoms with Gasteiger partial charge in [0.25, 0.3) is 0 Å². The third-order valence-electron chi connectivity index (χ3n) is 3.75. The van der Waals surface area contributed by atoms with E-state index in [4.69, 9.17) is 5.73 Å². The highest BCUT2D eigenvalue weighted by atomic mass is 79.9. The Kier molecular flexibility index (Phi) is 3.74. The van der Waals surface area contributed by atoms with Crippen LogP contribution in [0.25, 0.3) is 0 Å². The third kappa shape index (κ3) is 2.49. The van der Waals surface area contributed by atoms with E-state index in [1.165, 1.54) is 11.3 Å². The normalized spacial score (nSPS) is 19.2. The fourth-order valence-electron chi connectivity index (χ4n) is 2.78. The molecule has 4 heteroatoms. The van der Waals surface area contributed by atoms with E-state index < -0.39 is 0 Å². The average molecular weight is 382 g/mol. The molecule has 98 valence electrons. The highest BCUT2D eigenvalue weighted by molar-refractivity contribution is 9.11. The maximum atomic E-state index is 6.49. The summed E-state index contributed by atoms with van der Waals surface area (Å²) in [4.78, 5) is 4.53. The van der Waals surface area contributed by atoms with E-state index in [0.29, 0.717) is 5.92 Å². The molecule has 0 radical (unpaired) electrons. The van der Waals surface area contributed by atoms with Crippen molar-refractivity contribution >= 4 is 31.9 Å². The second kappa shape index (κ2) is 5.35. The molecule has 1 aliphatic rings. The summed E-state index contributed by atoms with van der Waals surface area (Å²) >= 11 is 7.11. The summed E-state index contributed by atoms with van der Waals surface area (Å²) in [7, 11) is 0. The van der Waals surface area contributed by atoms with Gasteiger partial charge in [-0.25, -0.2) is 0 Å². The van der Waals surface area contributed by atoms with Crippen molar-refractivity contribution in [2.24, 2.45) is 5.73 Å². The minimum absolute atomic E-state index is 0.0250. The summed E-state index contributed by atoms with van der Waals surface area (Å²) in [5, 5.41) is 0. The number of halogens is 2. The SMILES string of the molecule is NC(c1cc(Br)ccc1Br)C1CCc2cccnc21. The van der Waals surface area contributed by atoms with Gasteiger partial charge in [-0.15, -0.1) is 0 Å². The zero-order valence-corrected chi connectivity index (χ0v) is 13.5. The van der Waals surface area contributed by atoms with Crippen LogP contribution in [-0.4, -0.2) is 4.98 Å². The summed E-state index contributed by atoms with van der Waals surface area (Å²) in [6.07, 6.45) is 4.01. The smallest absolute Gasteiger partial charge is 0.0485 e. The molecule has 0 saturated carbocycles. The first-order valence-corrected chi connectivity index (χ1v) is 7.89. The van der Waals surface area contributed by atoms with Gasteiger partial charge in [-0.1, -0.05) is 37.9 Å². The van der Waals surface area contributed by atoms with Crippen molar-refractivity contribution in [2.45, 2.75) is 24.8 Å². The molecule has 2 unspecified atom stereocenters. The highest BCUT2D eigenvalue weighted by Crippen LogP contribution is 2.41. The van der Waals surface area contributed by atoms with Crippen LogP contribution >= 0.6 is 31.9 Å². The van der Waals surface area contributed by atoms with E-state index in [9.17, 15) is 0 Å². The summed E-state index contributed by atoms with van der Waals surface area (Å²) < 4.78 is 2.12. The van der Waals surface area contributed by atoms with Crippen LogP contribution < -0.4 is 5.73 Å². The van der Waals surface area contributed by atoms with Gasteiger partial charge in [-0.3, -0.25) is 4.98 Å². The molecular weight excluding hydrogens is 368 g/mol. The molecule has 2 N–H and O–H groups in total. The number of hydrogen-bond donors (Lipinski definition) is 1. The summed E-state index contributed by atoms with van der Waals surface area (Å²) in [5.41, 5.74) is 10.1. The van der Waals surface area contributed by atoms with Crippen molar-refractivity contribution in [3.05, 3.63) is 62.3 Å². The van der Waals surface area contributed by atoms with Crippen LogP contribution in [-0.2, 0) is 6.42 Å². The zero-order chi connectivity index (χ0) is 13.4. The Morgan fingerprint density at radius 1 is 1.26 bits per heavy atom. The summed E-state index contributed by atoms with van der Waals surface area (Å²) in [6.45, 7) is 0. The summed E-state index contributed by atoms with van der Waals surface area (Å²) in [5.74, 6) is 0.307. The van der Waals surface area contributed by atoms with Gasteiger partial charge in [-0.2, -0.15) is 0 Å². The lowest BCUT2D eigenvalue weighted by atomic mass is 9.91. The Labute approximate surface area is 129 Å². The van der Waals surface area contributed by atoms with Crippen molar-refractivity contribution < 1.29 is 0 Å². The number of aryl methyl sites for hydroxylation is 1. The molecule has 0 amide bonds. The highest BCUT2D eigenvalue weighted by Gasteiger charge is 2.30. The van der Waals surface area contributed by atoms with Crippen molar-refractivity contribution in [2.75, 3.05) is 0 Å². The van der Waals surface area contributed by atoms with Crippen molar-refractivity contribution in [3.63, 3.8) is 0 Å². The minimum Gasteiger partial charge on any atom is -0.323 e. The molecule has 2 nitrogen and oxygen atoms in total. The number of nitrogens with zero attached hydrogens (tertiary/aromatic N) is 1. The lowest BCUT2D eigenvalue weighted by Crippen LogP contribution is -2.19. The molecule has 1 heterocycles. The van der Waals surface area contributed by atoms with Gasteiger partial charge in [0, 0.05) is 32.8 Å². The number of fused-ring (bicyclic) bond motifs is 1. The zero-order valence-electron chi connectivity index (χ0n) is 10.3. The third-order valence-corrected chi connectivity index (χ3v) is 4.97. The van der Waals surface area contributed by atoms with E-state index >= 15 is 0 Å². The van der Waals surface area contributed by atoms with Crippen LogP contribution in [0.2, 0.25) is 0 Å². The fraction of sp³-hybridized carbons (Fsp3) is 0.267. The van der Waals surface area contributed by atoms with Gasteiger partial charge >= 0.3 is 0 Å². The molecule has 0 spiro atoms. The van der Waals surface area contributed by atoms with E-state index in [1.54, 1.807) is 0 Å². The Morgan fingerprint density at radius 3 is 2.95 bits per heavy atom. The number of benzene rings is 1. The Balaban J connectivity index is 1.97. The molecule has 19 heavy (non-hydrogen) atoms. The van der Waals surface area contributed by atoms with Crippen LogP contribution in [0.3, 0.4) is 0 Å². The molecule has 1 aromatic carbocycles. The van der Waals surface area contributed by atoms with Gasteiger partial charge in [0.05, 0.1) is 0 Å². The minimum atomic E-state index is -0.0250. The van der Waals surface area contributed by atoms with E-state index in [0.717, 1.165) is 27.4 Å². The topological polar surface area (TPSA) is 38.9 Å². The van der Waals surface area contributed by atoms with Crippen LogP contribution in [0.5, 0.6) is 0 Å². The fourth-order valence-corrected chi connectivity index (χ4v) is 3.67. The Hall–Kier alpha value is -0.710. The first kappa shape index (κ1) is 13.3. The van der Waals surface area contributed by atoms with Crippen LogP contribution in [0, 0.1) is 0 Å². The second-order valence-corrected chi connectivity index (χ2v) is 6.65.